The first-order valence-corrected chi connectivity index (χ1v) is 7.09. The van der Waals surface area contributed by atoms with Gasteiger partial charge in [-0.05, 0) is 31.4 Å². The van der Waals surface area contributed by atoms with Crippen molar-refractivity contribution in [2.75, 3.05) is 13.2 Å². The van der Waals surface area contributed by atoms with Crippen LogP contribution in [0, 0.1) is 6.92 Å². The monoisotopic (exact) mass is 264 g/mol. The number of hydrogen-bond acceptors (Lipinski definition) is 4. The molecule has 2 rings (SSSR count). The van der Waals surface area contributed by atoms with E-state index >= 15 is 0 Å². The molecule has 1 aliphatic rings. The fourth-order valence-electron chi connectivity index (χ4n) is 2.16. The van der Waals surface area contributed by atoms with Gasteiger partial charge >= 0.3 is 0 Å². The smallest absolute Gasteiger partial charge is 0.213 e. The third-order valence-electron chi connectivity index (χ3n) is 3.15. The predicted octanol–water partition coefficient (Wildman–Crippen LogP) is 2.45. The van der Waals surface area contributed by atoms with Gasteiger partial charge in [0.25, 0.3) is 0 Å². The van der Waals surface area contributed by atoms with Crippen LogP contribution >= 0.6 is 0 Å². The van der Waals surface area contributed by atoms with Crippen molar-refractivity contribution < 1.29 is 9.47 Å². The minimum atomic E-state index is 0.236. The molecule has 0 aromatic carbocycles. The standard InChI is InChI=1S/C15H24N2O2/c1-11(2)16-9-13-7-12(3)17-15(8-13)19-10-14-5-4-6-18-14/h7-8,11,14,16H,4-6,9-10H2,1-3H3. The lowest BCUT2D eigenvalue weighted by Gasteiger charge is -2.13. The molecule has 0 amide bonds. The Labute approximate surface area is 115 Å². The van der Waals surface area contributed by atoms with Gasteiger partial charge in [0.2, 0.25) is 5.88 Å². The molecule has 0 saturated carbocycles. The number of nitrogens with one attached hydrogen (secondary N) is 1. The van der Waals surface area contributed by atoms with Crippen LogP contribution < -0.4 is 10.1 Å². The molecule has 1 N–H and O–H groups in total. The summed E-state index contributed by atoms with van der Waals surface area (Å²) >= 11 is 0. The summed E-state index contributed by atoms with van der Waals surface area (Å²) in [7, 11) is 0. The average Bonchev–Trinajstić information content (AvgIpc) is 2.86. The number of pyridine rings is 1. The molecule has 0 radical (unpaired) electrons. The highest BCUT2D eigenvalue weighted by molar-refractivity contribution is 5.24. The van der Waals surface area contributed by atoms with Crippen molar-refractivity contribution in [3.8, 4) is 5.88 Å². The molecule has 0 spiro atoms. The van der Waals surface area contributed by atoms with Crippen LogP contribution in [-0.2, 0) is 11.3 Å². The van der Waals surface area contributed by atoms with Gasteiger partial charge in [0.15, 0.2) is 0 Å². The van der Waals surface area contributed by atoms with E-state index in [1.807, 2.05) is 13.0 Å². The normalized spacial score (nSPS) is 19.1. The number of rotatable bonds is 6. The Morgan fingerprint density at radius 3 is 3.00 bits per heavy atom. The summed E-state index contributed by atoms with van der Waals surface area (Å²) in [5.74, 6) is 0.705. The van der Waals surface area contributed by atoms with Crippen molar-refractivity contribution in [1.29, 1.82) is 0 Å². The lowest BCUT2D eigenvalue weighted by molar-refractivity contribution is 0.0662. The van der Waals surface area contributed by atoms with E-state index in [0.717, 1.165) is 31.7 Å². The summed E-state index contributed by atoms with van der Waals surface area (Å²) in [6, 6.07) is 4.58. The number of aryl methyl sites for hydroxylation is 1. The van der Waals surface area contributed by atoms with Crippen molar-refractivity contribution in [3.05, 3.63) is 23.4 Å². The third kappa shape index (κ3) is 4.80. The molecule has 1 saturated heterocycles. The first-order chi connectivity index (χ1) is 9.13. The van der Waals surface area contributed by atoms with Crippen molar-refractivity contribution in [2.45, 2.75) is 52.3 Å². The van der Waals surface area contributed by atoms with Gasteiger partial charge in [-0.2, -0.15) is 0 Å². The van der Waals surface area contributed by atoms with Crippen LogP contribution in [0.3, 0.4) is 0 Å². The second-order valence-corrected chi connectivity index (χ2v) is 5.44. The summed E-state index contributed by atoms with van der Waals surface area (Å²) in [6.45, 7) is 8.59. The molecule has 1 fully saturated rings. The minimum absolute atomic E-state index is 0.236. The average molecular weight is 264 g/mol. The Kier molecular flexibility index (Phi) is 5.16. The molecule has 1 aromatic heterocycles. The SMILES string of the molecule is Cc1cc(CNC(C)C)cc(OCC2CCCO2)n1. The van der Waals surface area contributed by atoms with Crippen molar-refractivity contribution in [3.63, 3.8) is 0 Å². The maximum Gasteiger partial charge on any atom is 0.213 e. The van der Waals surface area contributed by atoms with E-state index in [-0.39, 0.29) is 6.10 Å². The molecule has 2 heterocycles. The van der Waals surface area contributed by atoms with E-state index in [4.69, 9.17) is 9.47 Å². The van der Waals surface area contributed by atoms with E-state index in [2.05, 4.69) is 30.2 Å². The molecule has 19 heavy (non-hydrogen) atoms. The topological polar surface area (TPSA) is 43.4 Å². The zero-order chi connectivity index (χ0) is 13.7. The zero-order valence-electron chi connectivity index (χ0n) is 12.1. The molecular formula is C15H24N2O2. The van der Waals surface area contributed by atoms with Crippen LogP contribution in [0.1, 0.15) is 37.9 Å². The molecule has 0 aliphatic carbocycles. The second kappa shape index (κ2) is 6.87. The van der Waals surface area contributed by atoms with Gasteiger partial charge in [0.1, 0.15) is 6.61 Å². The van der Waals surface area contributed by atoms with E-state index < -0.39 is 0 Å². The van der Waals surface area contributed by atoms with Crippen molar-refractivity contribution in [1.82, 2.24) is 10.3 Å². The first kappa shape index (κ1) is 14.3. The predicted molar refractivity (Wildman–Crippen MR) is 75.4 cm³/mol. The van der Waals surface area contributed by atoms with E-state index in [9.17, 15) is 0 Å². The third-order valence-corrected chi connectivity index (χ3v) is 3.15. The Morgan fingerprint density at radius 2 is 2.32 bits per heavy atom. The highest BCUT2D eigenvalue weighted by Crippen LogP contribution is 2.16. The number of ether oxygens (including phenoxy) is 2. The maximum absolute atomic E-state index is 5.75. The molecule has 1 atom stereocenters. The van der Waals surface area contributed by atoms with E-state index in [1.165, 1.54) is 5.56 Å². The summed E-state index contributed by atoms with van der Waals surface area (Å²) in [5, 5.41) is 3.41. The molecular weight excluding hydrogens is 240 g/mol. The van der Waals surface area contributed by atoms with Crippen LogP contribution in [0.5, 0.6) is 5.88 Å². The lowest BCUT2D eigenvalue weighted by Crippen LogP contribution is -2.22. The molecule has 106 valence electrons. The Balaban J connectivity index is 1.91. The number of nitrogens with zero attached hydrogens (tertiary/aromatic N) is 1. The fraction of sp³-hybridized carbons (Fsp3) is 0.667. The zero-order valence-corrected chi connectivity index (χ0v) is 12.1. The Morgan fingerprint density at radius 1 is 1.47 bits per heavy atom. The lowest BCUT2D eigenvalue weighted by atomic mass is 10.2. The quantitative estimate of drug-likeness (QED) is 0.857. The van der Waals surface area contributed by atoms with Crippen LogP contribution in [-0.4, -0.2) is 30.3 Å². The van der Waals surface area contributed by atoms with E-state index in [1.54, 1.807) is 0 Å². The number of hydrogen-bond donors (Lipinski definition) is 1. The molecule has 1 aromatic rings. The maximum atomic E-state index is 5.75. The molecule has 4 nitrogen and oxygen atoms in total. The van der Waals surface area contributed by atoms with Gasteiger partial charge < -0.3 is 14.8 Å². The van der Waals surface area contributed by atoms with Gasteiger partial charge in [-0.25, -0.2) is 4.98 Å². The second-order valence-electron chi connectivity index (χ2n) is 5.44. The molecule has 1 aliphatic heterocycles. The molecule has 4 heteroatoms. The van der Waals surface area contributed by atoms with Crippen LogP contribution in [0.15, 0.2) is 12.1 Å². The van der Waals surface area contributed by atoms with Crippen LogP contribution in [0.2, 0.25) is 0 Å². The Hall–Kier alpha value is -1.13. The first-order valence-electron chi connectivity index (χ1n) is 7.09. The fourth-order valence-corrected chi connectivity index (χ4v) is 2.16. The van der Waals surface area contributed by atoms with Gasteiger partial charge in [0.05, 0.1) is 6.10 Å². The largest absolute Gasteiger partial charge is 0.475 e. The van der Waals surface area contributed by atoms with Gasteiger partial charge in [-0.3, -0.25) is 0 Å². The summed E-state index contributed by atoms with van der Waals surface area (Å²) in [6.07, 6.45) is 2.46. The van der Waals surface area contributed by atoms with Crippen molar-refractivity contribution >= 4 is 0 Å². The molecule has 0 bridgehead atoms. The highest BCUT2D eigenvalue weighted by atomic mass is 16.5. The number of aromatic nitrogens is 1. The van der Waals surface area contributed by atoms with Gasteiger partial charge in [0, 0.05) is 31.0 Å². The van der Waals surface area contributed by atoms with Crippen LogP contribution in [0.4, 0.5) is 0 Å². The Bertz CT molecular complexity index is 401. The van der Waals surface area contributed by atoms with Gasteiger partial charge in [-0.15, -0.1) is 0 Å². The van der Waals surface area contributed by atoms with Crippen molar-refractivity contribution in [2.24, 2.45) is 0 Å². The summed E-state index contributed by atoms with van der Waals surface area (Å²) in [4.78, 5) is 4.42. The molecule has 1 unspecified atom stereocenters. The minimum Gasteiger partial charge on any atom is -0.475 e. The highest BCUT2D eigenvalue weighted by Gasteiger charge is 2.16. The van der Waals surface area contributed by atoms with Crippen LogP contribution in [0.25, 0.3) is 0 Å². The van der Waals surface area contributed by atoms with Gasteiger partial charge in [-0.1, -0.05) is 13.8 Å². The summed E-state index contributed by atoms with van der Waals surface area (Å²) in [5.41, 5.74) is 2.20. The summed E-state index contributed by atoms with van der Waals surface area (Å²) < 4.78 is 11.3. The van der Waals surface area contributed by atoms with E-state index in [0.29, 0.717) is 18.5 Å².